The van der Waals surface area contributed by atoms with E-state index in [0.717, 1.165) is 5.56 Å². The summed E-state index contributed by atoms with van der Waals surface area (Å²) in [7, 11) is 0. The van der Waals surface area contributed by atoms with Crippen molar-refractivity contribution in [2.45, 2.75) is 53.9 Å². The summed E-state index contributed by atoms with van der Waals surface area (Å²) in [4.78, 5) is 55.8. The minimum absolute atomic E-state index is 0.0578. The molecule has 0 saturated carbocycles. The van der Waals surface area contributed by atoms with E-state index < -0.39 is 23.9 Å². The van der Waals surface area contributed by atoms with E-state index in [0.29, 0.717) is 50.8 Å². The molecule has 6 aromatic rings. The summed E-state index contributed by atoms with van der Waals surface area (Å²) >= 11 is 0. The third kappa shape index (κ3) is 6.41. The van der Waals surface area contributed by atoms with Crippen LogP contribution in [0.3, 0.4) is 0 Å². The average Bonchev–Trinajstić information content (AvgIpc) is 3.77. The molecule has 1 unspecified atom stereocenters. The number of aromatic nitrogens is 6. The van der Waals surface area contributed by atoms with Gasteiger partial charge in [-0.05, 0) is 62.2 Å². The van der Waals surface area contributed by atoms with Gasteiger partial charge in [0.25, 0.3) is 11.8 Å². The molecule has 0 aliphatic heterocycles. The zero-order valence-corrected chi connectivity index (χ0v) is 27.4. The van der Waals surface area contributed by atoms with Crippen LogP contribution >= 0.6 is 0 Å². The molecule has 4 aromatic heterocycles. The minimum Gasteiger partial charge on any atom is -0.436 e. The number of primary amides is 1. The molecule has 0 fully saturated rings. The van der Waals surface area contributed by atoms with Gasteiger partial charge in [0.15, 0.2) is 11.8 Å². The van der Waals surface area contributed by atoms with Gasteiger partial charge in [-0.25, -0.2) is 19.9 Å². The summed E-state index contributed by atoms with van der Waals surface area (Å²) < 4.78 is 14.6. The zero-order chi connectivity index (χ0) is 35.1. The number of aryl methyl sites for hydroxylation is 5. The zero-order valence-electron chi connectivity index (χ0n) is 27.4. The molecule has 3 amide bonds. The average molecular weight is 667 g/mol. The second kappa shape index (κ2) is 12.8. The van der Waals surface area contributed by atoms with E-state index in [1.807, 2.05) is 23.6 Å². The molecule has 6 rings (SSSR count). The van der Waals surface area contributed by atoms with Crippen molar-refractivity contribution in [3.05, 3.63) is 93.9 Å². The number of anilines is 2. The number of nitrogens with two attached hydrogens (primary N) is 2. The normalized spacial score (nSPS) is 12.3. The number of benzene rings is 2. The third-order valence-electron chi connectivity index (χ3n) is 7.84. The largest absolute Gasteiger partial charge is 0.436 e. The Morgan fingerprint density at radius 1 is 0.816 bits per heavy atom. The monoisotopic (exact) mass is 666 g/mol. The summed E-state index contributed by atoms with van der Waals surface area (Å²) in [6.45, 7) is 9.02. The molecule has 2 aromatic carbocycles. The number of hydrogen-bond acceptors (Lipinski definition) is 11. The highest BCUT2D eigenvalue weighted by Gasteiger charge is 2.22. The minimum atomic E-state index is -1.21. The Morgan fingerprint density at radius 3 is 1.90 bits per heavy atom. The van der Waals surface area contributed by atoms with Crippen LogP contribution < -0.4 is 22.1 Å². The van der Waals surface area contributed by atoms with Gasteiger partial charge in [0, 0.05) is 32.5 Å². The van der Waals surface area contributed by atoms with E-state index in [2.05, 4.69) is 30.6 Å². The van der Waals surface area contributed by atoms with Gasteiger partial charge in [-0.3, -0.25) is 25.0 Å². The van der Waals surface area contributed by atoms with Gasteiger partial charge in [0.2, 0.25) is 29.3 Å². The fourth-order valence-electron chi connectivity index (χ4n) is 5.67. The summed E-state index contributed by atoms with van der Waals surface area (Å²) in [5.41, 5.74) is 15.9. The first kappa shape index (κ1) is 32.8. The number of rotatable bonds is 10. The van der Waals surface area contributed by atoms with Gasteiger partial charge >= 0.3 is 0 Å². The standard InChI is InChI=1S/C33H34N10O6/c1-15-12-21(29(35)45)14-23-25(15)43(33(39-23)41-31(47)27-17(3)37-19(5)49-27)11-7-6-10-42-24-9-8-20(28(34)44)13-22(24)38-32(42)40-30(46)26-16(2)36-18(4)48-26/h6-9,12-14,29,45H,10-11,35H2,1-5H3,(H2,34,44)(H,38,40,46)(H,39,41,47)/b7-6+. The molecular weight excluding hydrogens is 632 g/mol. The van der Waals surface area contributed by atoms with E-state index in [9.17, 15) is 19.5 Å². The predicted octanol–water partition coefficient (Wildman–Crippen LogP) is 3.71. The number of allylic oxidation sites excluding steroid dienone is 2. The molecule has 0 aliphatic rings. The number of aliphatic hydroxyl groups is 1. The van der Waals surface area contributed by atoms with Crippen molar-refractivity contribution in [2.75, 3.05) is 10.6 Å². The van der Waals surface area contributed by atoms with Crippen LogP contribution in [0.2, 0.25) is 0 Å². The Morgan fingerprint density at radius 2 is 1.37 bits per heavy atom. The van der Waals surface area contributed by atoms with Crippen LogP contribution in [0.1, 0.15) is 72.0 Å². The van der Waals surface area contributed by atoms with Gasteiger partial charge in [0.05, 0.1) is 33.5 Å². The van der Waals surface area contributed by atoms with Gasteiger partial charge in [-0.1, -0.05) is 12.2 Å². The van der Waals surface area contributed by atoms with Gasteiger partial charge in [-0.2, -0.15) is 0 Å². The number of imidazole rings is 2. The van der Waals surface area contributed by atoms with E-state index in [1.54, 1.807) is 62.6 Å². The molecule has 0 saturated heterocycles. The number of oxazole rings is 2. The second-order valence-electron chi connectivity index (χ2n) is 11.5. The van der Waals surface area contributed by atoms with Crippen molar-refractivity contribution in [2.24, 2.45) is 11.5 Å². The van der Waals surface area contributed by atoms with Crippen LogP contribution in [-0.4, -0.2) is 51.9 Å². The quantitative estimate of drug-likeness (QED) is 0.104. The van der Waals surface area contributed by atoms with Crippen molar-refractivity contribution in [1.29, 1.82) is 0 Å². The lowest BCUT2D eigenvalue weighted by atomic mass is 10.1. The first-order valence-corrected chi connectivity index (χ1v) is 15.2. The highest BCUT2D eigenvalue weighted by Crippen LogP contribution is 2.28. The molecule has 16 nitrogen and oxygen atoms in total. The van der Waals surface area contributed by atoms with Crippen LogP contribution in [-0.2, 0) is 13.1 Å². The Bertz CT molecular complexity index is 2310. The number of nitrogens with one attached hydrogen (secondary N) is 2. The molecule has 0 bridgehead atoms. The molecule has 7 N–H and O–H groups in total. The molecule has 0 radical (unpaired) electrons. The molecule has 4 heterocycles. The molecule has 0 spiro atoms. The summed E-state index contributed by atoms with van der Waals surface area (Å²) in [6.07, 6.45) is 2.52. The summed E-state index contributed by atoms with van der Waals surface area (Å²) in [5, 5.41) is 15.6. The predicted molar refractivity (Wildman–Crippen MR) is 179 cm³/mol. The lowest BCUT2D eigenvalue weighted by Gasteiger charge is -2.11. The highest BCUT2D eigenvalue weighted by atomic mass is 16.4. The molecule has 0 aliphatic carbocycles. The number of fused-ring (bicyclic) bond motifs is 2. The van der Waals surface area contributed by atoms with Crippen molar-refractivity contribution < 1.29 is 28.3 Å². The Hall–Kier alpha value is -6.13. The molecule has 1 atom stereocenters. The Labute approximate surface area is 278 Å². The molecule has 252 valence electrons. The maximum absolute atomic E-state index is 13.2. The number of carbonyl (C=O) groups excluding carboxylic acids is 3. The third-order valence-corrected chi connectivity index (χ3v) is 7.84. The number of amides is 3. The van der Waals surface area contributed by atoms with Crippen molar-refractivity contribution in [3.8, 4) is 0 Å². The fourth-order valence-corrected chi connectivity index (χ4v) is 5.67. The maximum atomic E-state index is 13.2. The van der Waals surface area contributed by atoms with E-state index in [-0.39, 0.29) is 42.1 Å². The van der Waals surface area contributed by atoms with Crippen molar-refractivity contribution >= 4 is 51.7 Å². The summed E-state index contributed by atoms with van der Waals surface area (Å²) in [6, 6.07) is 8.26. The number of aliphatic hydroxyl groups excluding tert-OH is 1. The first-order valence-electron chi connectivity index (χ1n) is 15.2. The number of carbonyl (C=O) groups is 3. The Balaban J connectivity index is 1.33. The fraction of sp³-hybridized carbons (Fsp3) is 0.242. The van der Waals surface area contributed by atoms with Gasteiger partial charge in [-0.15, -0.1) is 0 Å². The highest BCUT2D eigenvalue weighted by molar-refractivity contribution is 6.04. The molecular formula is C33H34N10O6. The van der Waals surface area contributed by atoms with E-state index in [1.165, 1.54) is 0 Å². The van der Waals surface area contributed by atoms with Crippen molar-refractivity contribution in [3.63, 3.8) is 0 Å². The summed E-state index contributed by atoms with van der Waals surface area (Å²) in [5.74, 6) is -0.380. The van der Waals surface area contributed by atoms with Crippen LogP contribution in [0.15, 0.2) is 51.3 Å². The van der Waals surface area contributed by atoms with Crippen LogP contribution in [0.25, 0.3) is 22.1 Å². The van der Waals surface area contributed by atoms with E-state index >= 15 is 0 Å². The number of nitrogens with zero attached hydrogens (tertiary/aromatic N) is 6. The van der Waals surface area contributed by atoms with Crippen LogP contribution in [0, 0.1) is 34.6 Å². The topological polar surface area (TPSA) is 235 Å². The SMILES string of the molecule is Cc1nc(C)c(C(=O)Nc2nc3cc(C(N)=O)ccc3n2C/C=C/Cn2c(NC(=O)c3oc(C)nc3C)nc3cc(C(N)O)cc(C)c32)o1. The Kier molecular flexibility index (Phi) is 8.58. The van der Waals surface area contributed by atoms with Crippen LogP contribution in [0.4, 0.5) is 11.9 Å². The van der Waals surface area contributed by atoms with Crippen LogP contribution in [0.5, 0.6) is 0 Å². The maximum Gasteiger partial charge on any atom is 0.295 e. The lowest BCUT2D eigenvalue weighted by Crippen LogP contribution is -2.17. The molecule has 16 heteroatoms. The lowest BCUT2D eigenvalue weighted by molar-refractivity contribution is 0.0986. The van der Waals surface area contributed by atoms with Gasteiger partial charge < -0.3 is 34.5 Å². The number of hydrogen-bond donors (Lipinski definition) is 5. The molecule has 49 heavy (non-hydrogen) atoms. The van der Waals surface area contributed by atoms with Crippen molar-refractivity contribution in [1.82, 2.24) is 29.1 Å². The second-order valence-corrected chi connectivity index (χ2v) is 11.5. The van der Waals surface area contributed by atoms with E-state index in [4.69, 9.17) is 20.3 Å². The first-order chi connectivity index (χ1) is 23.3. The van der Waals surface area contributed by atoms with Gasteiger partial charge in [0.1, 0.15) is 6.23 Å². The smallest absolute Gasteiger partial charge is 0.295 e.